The Morgan fingerprint density at radius 3 is 2.90 bits per heavy atom. The molecule has 4 heteroatoms. The Kier molecular flexibility index (Phi) is 4.36. The quantitative estimate of drug-likeness (QED) is 0.675. The first-order chi connectivity index (χ1) is 10.3. The molecule has 2 aromatic heterocycles. The predicted octanol–water partition coefficient (Wildman–Crippen LogP) is 4.62. The molecule has 0 aliphatic rings. The van der Waals surface area contributed by atoms with Crippen molar-refractivity contribution in [2.45, 2.75) is 33.2 Å². The highest BCUT2D eigenvalue weighted by Crippen LogP contribution is 2.34. The summed E-state index contributed by atoms with van der Waals surface area (Å²) in [5.74, 6) is 0. The molecule has 0 aliphatic carbocycles. The highest BCUT2D eigenvalue weighted by Gasteiger charge is 2.15. The molecule has 0 unspecified atom stereocenters. The lowest BCUT2D eigenvalue weighted by molar-refractivity contribution is 0.617. The number of rotatable bonds is 6. The van der Waals surface area contributed by atoms with Gasteiger partial charge in [0.15, 0.2) is 0 Å². The molecular formula is C17H20N2OS. The molecule has 0 atom stereocenters. The molecule has 1 aromatic carbocycles. The molecule has 21 heavy (non-hydrogen) atoms. The Hall–Kier alpha value is -1.65. The van der Waals surface area contributed by atoms with Crippen molar-refractivity contribution in [3.8, 4) is 10.6 Å². The number of fused-ring (bicyclic) bond motifs is 1. The molecule has 0 saturated carbocycles. The van der Waals surface area contributed by atoms with Crippen molar-refractivity contribution in [2.75, 3.05) is 6.54 Å². The van der Waals surface area contributed by atoms with Gasteiger partial charge in [-0.1, -0.05) is 32.0 Å². The molecule has 0 aliphatic heterocycles. The number of aromatic nitrogens is 1. The van der Waals surface area contributed by atoms with Crippen molar-refractivity contribution in [1.82, 2.24) is 10.3 Å². The second kappa shape index (κ2) is 6.41. The highest BCUT2D eigenvalue weighted by molar-refractivity contribution is 7.15. The summed E-state index contributed by atoms with van der Waals surface area (Å²) >= 11 is 1.77. The SMILES string of the molecule is CCCNCc1sc(-c2coc3ccccc23)nc1CC. The Morgan fingerprint density at radius 1 is 1.24 bits per heavy atom. The van der Waals surface area contributed by atoms with Crippen LogP contribution < -0.4 is 5.32 Å². The van der Waals surface area contributed by atoms with Gasteiger partial charge < -0.3 is 9.73 Å². The number of benzene rings is 1. The van der Waals surface area contributed by atoms with Gasteiger partial charge >= 0.3 is 0 Å². The van der Waals surface area contributed by atoms with Crippen LogP contribution in [-0.2, 0) is 13.0 Å². The Bertz CT molecular complexity index is 729. The van der Waals surface area contributed by atoms with Crippen molar-refractivity contribution in [1.29, 1.82) is 0 Å². The summed E-state index contributed by atoms with van der Waals surface area (Å²) in [7, 11) is 0. The van der Waals surface area contributed by atoms with Gasteiger partial charge in [-0.2, -0.15) is 0 Å². The summed E-state index contributed by atoms with van der Waals surface area (Å²) in [6, 6.07) is 8.13. The van der Waals surface area contributed by atoms with Crippen LogP contribution in [-0.4, -0.2) is 11.5 Å². The van der Waals surface area contributed by atoms with E-state index in [2.05, 4.69) is 25.2 Å². The molecule has 0 spiro atoms. The fraction of sp³-hybridized carbons (Fsp3) is 0.353. The third kappa shape index (κ3) is 2.87. The number of thiazole rings is 1. The minimum Gasteiger partial charge on any atom is -0.464 e. The molecule has 3 aromatic rings. The zero-order chi connectivity index (χ0) is 14.7. The maximum Gasteiger partial charge on any atom is 0.134 e. The van der Waals surface area contributed by atoms with E-state index in [9.17, 15) is 0 Å². The summed E-state index contributed by atoms with van der Waals surface area (Å²) in [6.07, 6.45) is 3.95. The number of nitrogens with one attached hydrogen (secondary N) is 1. The van der Waals surface area contributed by atoms with E-state index in [1.165, 1.54) is 10.6 Å². The second-order valence-electron chi connectivity index (χ2n) is 5.06. The van der Waals surface area contributed by atoms with Gasteiger partial charge in [-0.15, -0.1) is 11.3 Å². The van der Waals surface area contributed by atoms with Crippen LogP contribution in [0.1, 0.15) is 30.8 Å². The number of para-hydroxylation sites is 1. The van der Waals surface area contributed by atoms with E-state index in [4.69, 9.17) is 9.40 Å². The van der Waals surface area contributed by atoms with Gasteiger partial charge in [0.2, 0.25) is 0 Å². The van der Waals surface area contributed by atoms with E-state index >= 15 is 0 Å². The van der Waals surface area contributed by atoms with E-state index in [0.29, 0.717) is 0 Å². The van der Waals surface area contributed by atoms with Crippen molar-refractivity contribution in [3.05, 3.63) is 41.1 Å². The molecule has 3 nitrogen and oxygen atoms in total. The van der Waals surface area contributed by atoms with Crippen LogP contribution in [0.15, 0.2) is 34.9 Å². The second-order valence-corrected chi connectivity index (χ2v) is 6.15. The van der Waals surface area contributed by atoms with Crippen LogP contribution in [0.2, 0.25) is 0 Å². The molecule has 0 radical (unpaired) electrons. The molecule has 0 bridgehead atoms. The molecule has 3 rings (SSSR count). The minimum absolute atomic E-state index is 0.907. The van der Waals surface area contributed by atoms with E-state index < -0.39 is 0 Å². The van der Waals surface area contributed by atoms with E-state index in [1.54, 1.807) is 11.3 Å². The van der Waals surface area contributed by atoms with Gasteiger partial charge in [0, 0.05) is 16.8 Å². The number of nitrogens with zero attached hydrogens (tertiary/aromatic N) is 1. The molecule has 1 N–H and O–H groups in total. The van der Waals surface area contributed by atoms with Gasteiger partial charge in [-0.05, 0) is 25.5 Å². The topological polar surface area (TPSA) is 38.1 Å². The van der Waals surface area contributed by atoms with Crippen molar-refractivity contribution < 1.29 is 4.42 Å². The fourth-order valence-electron chi connectivity index (χ4n) is 2.44. The predicted molar refractivity (Wildman–Crippen MR) is 88.7 cm³/mol. The first-order valence-corrected chi connectivity index (χ1v) is 8.31. The molecule has 0 fully saturated rings. The molecule has 0 amide bonds. The summed E-state index contributed by atoms with van der Waals surface area (Å²) in [4.78, 5) is 6.16. The first kappa shape index (κ1) is 14.3. The van der Waals surface area contributed by atoms with Gasteiger partial charge in [0.25, 0.3) is 0 Å². The monoisotopic (exact) mass is 300 g/mol. The van der Waals surface area contributed by atoms with Crippen LogP contribution in [0.4, 0.5) is 0 Å². The van der Waals surface area contributed by atoms with Crippen molar-refractivity contribution in [2.24, 2.45) is 0 Å². The molecule has 2 heterocycles. The summed E-state index contributed by atoms with van der Waals surface area (Å²) in [6.45, 7) is 6.30. The maximum atomic E-state index is 5.64. The summed E-state index contributed by atoms with van der Waals surface area (Å²) < 4.78 is 5.64. The third-order valence-corrected chi connectivity index (χ3v) is 4.67. The van der Waals surface area contributed by atoms with Gasteiger partial charge in [0.05, 0.1) is 11.3 Å². The zero-order valence-electron chi connectivity index (χ0n) is 12.5. The summed E-state index contributed by atoms with van der Waals surface area (Å²) in [5.41, 5.74) is 3.22. The maximum absolute atomic E-state index is 5.64. The zero-order valence-corrected chi connectivity index (χ0v) is 13.3. The highest BCUT2D eigenvalue weighted by atomic mass is 32.1. The lowest BCUT2D eigenvalue weighted by Crippen LogP contribution is -2.13. The standard InChI is InChI=1S/C17H20N2OS/c1-3-9-18-10-16-14(4-2)19-17(21-16)13-11-20-15-8-6-5-7-12(13)15/h5-8,11,18H,3-4,9-10H2,1-2H3. The third-order valence-electron chi connectivity index (χ3n) is 3.54. The first-order valence-electron chi connectivity index (χ1n) is 7.49. The fourth-order valence-corrected chi connectivity index (χ4v) is 3.57. The molecule has 0 saturated heterocycles. The largest absolute Gasteiger partial charge is 0.464 e. The number of aryl methyl sites for hydroxylation is 1. The van der Waals surface area contributed by atoms with Crippen LogP contribution >= 0.6 is 11.3 Å². The van der Waals surface area contributed by atoms with E-state index in [0.717, 1.165) is 47.5 Å². The van der Waals surface area contributed by atoms with E-state index in [1.807, 2.05) is 24.5 Å². The van der Waals surface area contributed by atoms with Gasteiger partial charge in [-0.3, -0.25) is 0 Å². The smallest absolute Gasteiger partial charge is 0.134 e. The summed E-state index contributed by atoms with van der Waals surface area (Å²) in [5, 5.41) is 5.67. The average molecular weight is 300 g/mol. The Morgan fingerprint density at radius 2 is 2.10 bits per heavy atom. The van der Waals surface area contributed by atoms with Crippen LogP contribution in [0, 0.1) is 0 Å². The van der Waals surface area contributed by atoms with Gasteiger partial charge in [-0.25, -0.2) is 4.98 Å². The molecule has 110 valence electrons. The van der Waals surface area contributed by atoms with Crippen molar-refractivity contribution in [3.63, 3.8) is 0 Å². The molecular weight excluding hydrogens is 280 g/mol. The average Bonchev–Trinajstić information content (AvgIpc) is 3.11. The Labute approximate surface area is 129 Å². The van der Waals surface area contributed by atoms with Crippen LogP contribution in [0.5, 0.6) is 0 Å². The lowest BCUT2D eigenvalue weighted by Gasteiger charge is -2.01. The van der Waals surface area contributed by atoms with Crippen LogP contribution in [0.3, 0.4) is 0 Å². The number of furan rings is 1. The number of hydrogen-bond donors (Lipinski definition) is 1. The van der Waals surface area contributed by atoms with E-state index in [-0.39, 0.29) is 0 Å². The normalized spacial score (nSPS) is 11.3. The van der Waals surface area contributed by atoms with Crippen molar-refractivity contribution >= 4 is 22.3 Å². The van der Waals surface area contributed by atoms with Crippen LogP contribution in [0.25, 0.3) is 21.5 Å². The number of hydrogen-bond acceptors (Lipinski definition) is 4. The minimum atomic E-state index is 0.907. The van der Waals surface area contributed by atoms with Gasteiger partial charge in [0.1, 0.15) is 16.9 Å². The lowest BCUT2D eigenvalue weighted by atomic mass is 10.2. The Balaban J connectivity index is 1.95.